The number of rotatable bonds is 3. The Labute approximate surface area is 169 Å². The molecule has 2 aromatic rings. The second-order valence-electron chi connectivity index (χ2n) is 7.44. The van der Waals surface area contributed by atoms with E-state index in [0.29, 0.717) is 31.9 Å². The van der Waals surface area contributed by atoms with Crippen molar-refractivity contribution in [2.24, 2.45) is 0 Å². The fourth-order valence-electron chi connectivity index (χ4n) is 3.63. The highest BCUT2D eigenvalue weighted by Crippen LogP contribution is 2.20. The third-order valence-electron chi connectivity index (χ3n) is 5.43. The Balaban J connectivity index is 1.33. The number of anilines is 3. The van der Waals surface area contributed by atoms with Crippen molar-refractivity contribution in [2.75, 3.05) is 74.5 Å². The van der Waals surface area contributed by atoms with Gasteiger partial charge in [0, 0.05) is 64.1 Å². The molecule has 1 aromatic heterocycles. The lowest BCUT2D eigenvalue weighted by molar-refractivity contribution is 0.208. The first kappa shape index (κ1) is 19.4. The number of halogens is 1. The fourth-order valence-corrected chi connectivity index (χ4v) is 3.63. The molecule has 0 atom stereocenters. The molecule has 9 heteroatoms. The summed E-state index contributed by atoms with van der Waals surface area (Å²) < 4.78 is 13.3. The second kappa shape index (κ2) is 8.60. The molecule has 2 amide bonds. The van der Waals surface area contributed by atoms with Crippen molar-refractivity contribution in [3.8, 4) is 0 Å². The molecule has 1 aromatic carbocycles. The van der Waals surface area contributed by atoms with Gasteiger partial charge in [-0.15, -0.1) is 0 Å². The van der Waals surface area contributed by atoms with E-state index in [9.17, 15) is 9.18 Å². The van der Waals surface area contributed by atoms with E-state index in [0.717, 1.165) is 37.8 Å². The van der Waals surface area contributed by atoms with Gasteiger partial charge < -0.3 is 24.9 Å². The predicted octanol–water partition coefficient (Wildman–Crippen LogP) is 1.72. The van der Waals surface area contributed by atoms with Crippen LogP contribution in [0.25, 0.3) is 0 Å². The SMILES string of the molecule is CN1CCN(c2cc(N3CCN(C(=O)Nc4cccc(F)c4)CC3)ncn2)CC1. The predicted molar refractivity (Wildman–Crippen MR) is 111 cm³/mol. The van der Waals surface area contributed by atoms with E-state index in [4.69, 9.17) is 0 Å². The Morgan fingerprint density at radius 1 is 0.931 bits per heavy atom. The molecule has 29 heavy (non-hydrogen) atoms. The zero-order chi connectivity index (χ0) is 20.2. The number of likely N-dealkylation sites (N-methyl/N-ethyl adjacent to an activating group) is 1. The molecule has 0 aliphatic carbocycles. The summed E-state index contributed by atoms with van der Waals surface area (Å²) in [6.45, 7) is 6.51. The largest absolute Gasteiger partial charge is 0.354 e. The van der Waals surface area contributed by atoms with Crippen LogP contribution in [0.3, 0.4) is 0 Å². The highest BCUT2D eigenvalue weighted by atomic mass is 19.1. The van der Waals surface area contributed by atoms with E-state index in [-0.39, 0.29) is 11.8 Å². The average Bonchev–Trinajstić information content (AvgIpc) is 2.74. The molecule has 2 aliphatic rings. The first-order valence-corrected chi connectivity index (χ1v) is 9.90. The lowest BCUT2D eigenvalue weighted by Crippen LogP contribution is -2.50. The van der Waals surface area contributed by atoms with Crippen LogP contribution in [0.5, 0.6) is 0 Å². The zero-order valence-corrected chi connectivity index (χ0v) is 16.6. The normalized spacial score (nSPS) is 18.1. The Hall–Kier alpha value is -2.94. The number of hydrogen-bond donors (Lipinski definition) is 1. The van der Waals surface area contributed by atoms with Crippen molar-refractivity contribution in [3.63, 3.8) is 0 Å². The minimum Gasteiger partial charge on any atom is -0.354 e. The van der Waals surface area contributed by atoms with Crippen LogP contribution in [0.1, 0.15) is 0 Å². The standard InChI is InChI=1S/C20H26FN7O/c1-25-5-7-26(8-6-25)18-14-19(23-15-22-18)27-9-11-28(12-10-27)20(29)24-17-4-2-3-16(21)13-17/h2-4,13-15H,5-12H2,1H3,(H,24,29). The summed E-state index contributed by atoms with van der Waals surface area (Å²) in [5.41, 5.74) is 0.463. The van der Waals surface area contributed by atoms with Gasteiger partial charge in [-0.25, -0.2) is 19.2 Å². The van der Waals surface area contributed by atoms with Crippen LogP contribution in [-0.2, 0) is 0 Å². The number of carbonyl (C=O) groups is 1. The number of nitrogens with zero attached hydrogens (tertiary/aromatic N) is 6. The van der Waals surface area contributed by atoms with Gasteiger partial charge >= 0.3 is 6.03 Å². The minimum atomic E-state index is -0.368. The van der Waals surface area contributed by atoms with E-state index in [2.05, 4.69) is 37.0 Å². The highest BCUT2D eigenvalue weighted by molar-refractivity contribution is 5.89. The maximum atomic E-state index is 13.3. The number of hydrogen-bond acceptors (Lipinski definition) is 6. The van der Waals surface area contributed by atoms with E-state index in [1.54, 1.807) is 23.4 Å². The van der Waals surface area contributed by atoms with Crippen LogP contribution in [0.2, 0.25) is 0 Å². The third-order valence-corrected chi connectivity index (χ3v) is 5.43. The number of nitrogens with one attached hydrogen (secondary N) is 1. The fraction of sp³-hybridized carbons (Fsp3) is 0.450. The smallest absolute Gasteiger partial charge is 0.321 e. The number of benzene rings is 1. The maximum absolute atomic E-state index is 13.3. The summed E-state index contributed by atoms with van der Waals surface area (Å²) in [5, 5.41) is 2.75. The first-order valence-electron chi connectivity index (χ1n) is 9.90. The van der Waals surface area contributed by atoms with Crippen LogP contribution in [0.15, 0.2) is 36.7 Å². The first-order chi connectivity index (χ1) is 14.1. The van der Waals surface area contributed by atoms with Gasteiger partial charge in [-0.05, 0) is 25.2 Å². The van der Waals surface area contributed by atoms with Crippen molar-refractivity contribution in [1.29, 1.82) is 0 Å². The summed E-state index contributed by atoms with van der Waals surface area (Å²) in [4.78, 5) is 29.8. The van der Waals surface area contributed by atoms with Crippen molar-refractivity contribution in [3.05, 3.63) is 42.5 Å². The Morgan fingerprint density at radius 2 is 1.55 bits per heavy atom. The number of urea groups is 1. The number of aromatic nitrogens is 2. The Kier molecular flexibility index (Phi) is 5.75. The topological polar surface area (TPSA) is 67.8 Å². The lowest BCUT2D eigenvalue weighted by atomic mass is 10.3. The van der Waals surface area contributed by atoms with Gasteiger partial charge in [0.1, 0.15) is 23.8 Å². The van der Waals surface area contributed by atoms with Gasteiger partial charge in [-0.1, -0.05) is 6.07 Å². The molecule has 2 saturated heterocycles. The van der Waals surface area contributed by atoms with Crippen LogP contribution in [0, 0.1) is 5.82 Å². The molecule has 2 aliphatic heterocycles. The summed E-state index contributed by atoms with van der Waals surface area (Å²) in [6.07, 6.45) is 1.62. The van der Waals surface area contributed by atoms with Gasteiger partial charge in [0.2, 0.25) is 0 Å². The minimum absolute atomic E-state index is 0.212. The van der Waals surface area contributed by atoms with Gasteiger partial charge in [-0.3, -0.25) is 0 Å². The quantitative estimate of drug-likeness (QED) is 0.848. The van der Waals surface area contributed by atoms with Gasteiger partial charge in [0.05, 0.1) is 0 Å². The molecular formula is C20H26FN7O. The molecule has 1 N–H and O–H groups in total. The van der Waals surface area contributed by atoms with Crippen LogP contribution in [0.4, 0.5) is 26.5 Å². The number of amides is 2. The summed E-state index contributed by atoms with van der Waals surface area (Å²) in [6, 6.07) is 7.75. The molecule has 154 valence electrons. The van der Waals surface area contributed by atoms with Gasteiger partial charge in [0.15, 0.2) is 0 Å². The highest BCUT2D eigenvalue weighted by Gasteiger charge is 2.23. The molecule has 2 fully saturated rings. The van der Waals surface area contributed by atoms with E-state index >= 15 is 0 Å². The second-order valence-corrected chi connectivity index (χ2v) is 7.44. The van der Waals surface area contributed by atoms with E-state index in [1.165, 1.54) is 12.1 Å². The van der Waals surface area contributed by atoms with E-state index < -0.39 is 0 Å². The molecule has 4 rings (SSSR count). The molecule has 0 saturated carbocycles. The molecule has 0 spiro atoms. The van der Waals surface area contributed by atoms with Crippen molar-refractivity contribution >= 4 is 23.4 Å². The summed E-state index contributed by atoms with van der Waals surface area (Å²) in [7, 11) is 2.13. The van der Waals surface area contributed by atoms with Crippen LogP contribution < -0.4 is 15.1 Å². The summed E-state index contributed by atoms with van der Waals surface area (Å²) in [5.74, 6) is 1.47. The van der Waals surface area contributed by atoms with Crippen LogP contribution in [-0.4, -0.2) is 85.2 Å². The molecule has 0 unspecified atom stereocenters. The number of piperazine rings is 2. The zero-order valence-electron chi connectivity index (χ0n) is 16.6. The molecule has 0 bridgehead atoms. The maximum Gasteiger partial charge on any atom is 0.321 e. The molecule has 3 heterocycles. The average molecular weight is 399 g/mol. The molecular weight excluding hydrogens is 373 g/mol. The number of carbonyl (C=O) groups excluding carboxylic acids is 1. The van der Waals surface area contributed by atoms with Gasteiger partial charge in [-0.2, -0.15) is 0 Å². The molecule has 8 nitrogen and oxygen atoms in total. The third kappa shape index (κ3) is 4.73. The van der Waals surface area contributed by atoms with Crippen molar-refractivity contribution in [1.82, 2.24) is 19.8 Å². The van der Waals surface area contributed by atoms with Crippen LogP contribution >= 0.6 is 0 Å². The summed E-state index contributed by atoms with van der Waals surface area (Å²) >= 11 is 0. The Morgan fingerprint density at radius 3 is 2.17 bits per heavy atom. The Bertz CT molecular complexity index is 848. The van der Waals surface area contributed by atoms with Crippen molar-refractivity contribution in [2.45, 2.75) is 0 Å². The van der Waals surface area contributed by atoms with Crippen molar-refractivity contribution < 1.29 is 9.18 Å². The van der Waals surface area contributed by atoms with Gasteiger partial charge in [0.25, 0.3) is 0 Å². The lowest BCUT2D eigenvalue weighted by Gasteiger charge is -2.36. The van der Waals surface area contributed by atoms with E-state index in [1.807, 2.05) is 6.07 Å². The monoisotopic (exact) mass is 399 g/mol. The molecule has 0 radical (unpaired) electrons.